The average Bonchev–Trinajstić information content (AvgIpc) is 3.30. The van der Waals surface area contributed by atoms with Crippen LogP contribution in [0.25, 0.3) is 11.1 Å². The Morgan fingerprint density at radius 2 is 1.92 bits per heavy atom. The molecule has 9 heteroatoms. The van der Waals surface area contributed by atoms with Crippen molar-refractivity contribution in [1.29, 1.82) is 0 Å². The van der Waals surface area contributed by atoms with Gasteiger partial charge in [0.25, 0.3) is 5.91 Å². The summed E-state index contributed by atoms with van der Waals surface area (Å²) in [6.45, 7) is 0.0913. The van der Waals surface area contributed by atoms with Crippen LogP contribution in [0.1, 0.15) is 47.2 Å². The van der Waals surface area contributed by atoms with Crippen LogP contribution in [-0.2, 0) is 12.0 Å². The number of nitrogens with two attached hydrogens (primary N) is 1. The fourth-order valence-corrected chi connectivity index (χ4v) is 5.27. The summed E-state index contributed by atoms with van der Waals surface area (Å²) in [6, 6.07) is 13.5. The minimum atomic E-state index is -0.880. The number of amides is 1. The van der Waals surface area contributed by atoms with Crippen LogP contribution in [0.3, 0.4) is 0 Å². The Labute approximate surface area is 225 Å². The zero-order chi connectivity index (χ0) is 27.3. The molecule has 1 aliphatic rings. The van der Waals surface area contributed by atoms with E-state index in [2.05, 4.69) is 5.32 Å². The number of hydrogen-bond donors (Lipinski definition) is 3. The Kier molecular flexibility index (Phi) is 8.87. The number of unbranched alkanes of at least 4 members (excludes halogenated alkanes) is 2. The minimum absolute atomic E-state index is 0.0313. The van der Waals surface area contributed by atoms with Crippen molar-refractivity contribution < 1.29 is 28.2 Å². The first kappa shape index (κ1) is 27.8. The van der Waals surface area contributed by atoms with Gasteiger partial charge in [0.2, 0.25) is 0 Å². The van der Waals surface area contributed by atoms with Crippen LogP contribution in [0.4, 0.5) is 8.78 Å². The molecule has 1 heterocycles. The molecule has 1 aliphatic heterocycles. The second kappa shape index (κ2) is 12.1. The highest BCUT2D eigenvalue weighted by atomic mass is 35.5. The van der Waals surface area contributed by atoms with Crippen LogP contribution >= 0.6 is 11.6 Å². The predicted octanol–water partition coefficient (Wildman–Crippen LogP) is 5.37. The number of fused-ring (bicyclic) bond motifs is 1. The Morgan fingerprint density at radius 3 is 2.61 bits per heavy atom. The summed E-state index contributed by atoms with van der Waals surface area (Å²) < 4.78 is 43.1. The Bertz CT molecular complexity index is 1310. The number of nitrogens with one attached hydrogen (secondary N) is 1. The van der Waals surface area contributed by atoms with Crippen LogP contribution < -0.4 is 20.5 Å². The first-order valence-corrected chi connectivity index (χ1v) is 13.0. The summed E-state index contributed by atoms with van der Waals surface area (Å²) in [5.74, 6) is -2.19. The van der Waals surface area contributed by atoms with Gasteiger partial charge in [0, 0.05) is 36.2 Å². The number of carbonyl (C=O) groups excluding carboxylic acids is 1. The normalized spacial score (nSPS) is 16.2. The molecule has 4 N–H and O–H groups in total. The molecule has 0 saturated carbocycles. The quantitative estimate of drug-likeness (QED) is 0.282. The number of carbonyl (C=O) groups is 1. The minimum Gasteiger partial charge on any atom is -0.488 e. The maximum atomic E-state index is 16.0. The lowest BCUT2D eigenvalue weighted by atomic mass is 9.82. The van der Waals surface area contributed by atoms with Gasteiger partial charge in [0.15, 0.2) is 11.6 Å². The zero-order valence-corrected chi connectivity index (χ0v) is 21.9. The number of aliphatic hydroxyl groups excluding tert-OH is 1. The summed E-state index contributed by atoms with van der Waals surface area (Å²) in [5.41, 5.74) is 6.08. The van der Waals surface area contributed by atoms with Gasteiger partial charge >= 0.3 is 0 Å². The standard InChI is InChI=1S/C29H31ClF2N2O4/c1-34-28(36)19-10-11-22(37-15-14-35)27(32)25(19)24-20-17-29(12-6-3-7-13-33,18-8-4-2-5-9-18)38-23(20)16-21(31)26(24)30/h2,4-5,8-11,16,35H,3,6-7,12-15,17,33H2,1H3,(H,34,36). The van der Waals surface area contributed by atoms with Crippen molar-refractivity contribution in [3.8, 4) is 22.6 Å². The van der Waals surface area contributed by atoms with Crippen molar-refractivity contribution in [2.45, 2.75) is 37.7 Å². The van der Waals surface area contributed by atoms with Crippen molar-refractivity contribution in [2.75, 3.05) is 26.8 Å². The third-order valence-electron chi connectivity index (χ3n) is 6.82. The molecule has 0 aromatic heterocycles. The Balaban J connectivity index is 1.91. The van der Waals surface area contributed by atoms with E-state index in [1.165, 1.54) is 25.2 Å². The summed E-state index contributed by atoms with van der Waals surface area (Å²) >= 11 is 6.52. The molecule has 38 heavy (non-hydrogen) atoms. The van der Waals surface area contributed by atoms with Gasteiger partial charge < -0.3 is 25.6 Å². The molecule has 4 rings (SSSR count). The lowest BCUT2D eigenvalue weighted by molar-refractivity contribution is 0.0790. The van der Waals surface area contributed by atoms with Gasteiger partial charge in [-0.2, -0.15) is 0 Å². The predicted molar refractivity (Wildman–Crippen MR) is 143 cm³/mol. The number of ether oxygens (including phenoxy) is 2. The van der Waals surface area contributed by atoms with E-state index in [1.807, 2.05) is 30.3 Å². The molecule has 0 fully saturated rings. The number of rotatable bonds is 11. The maximum absolute atomic E-state index is 16.0. The molecule has 0 saturated heterocycles. The SMILES string of the molecule is CNC(=O)c1ccc(OCCO)c(F)c1-c1c(Cl)c(F)cc2c1CC(CCCCCN)(c1ccccc1)O2. The molecule has 1 atom stereocenters. The molecule has 1 amide bonds. The number of benzene rings is 3. The van der Waals surface area contributed by atoms with E-state index in [0.717, 1.165) is 24.8 Å². The highest BCUT2D eigenvalue weighted by molar-refractivity contribution is 6.34. The van der Waals surface area contributed by atoms with E-state index < -0.39 is 23.1 Å². The molecule has 0 bridgehead atoms. The van der Waals surface area contributed by atoms with Crippen LogP contribution in [0.5, 0.6) is 11.5 Å². The first-order valence-electron chi connectivity index (χ1n) is 12.6. The number of hydrogen-bond acceptors (Lipinski definition) is 5. The summed E-state index contributed by atoms with van der Waals surface area (Å²) in [5, 5.41) is 11.3. The lowest BCUT2D eigenvalue weighted by Crippen LogP contribution is -2.31. The van der Waals surface area contributed by atoms with Gasteiger partial charge in [-0.05, 0) is 43.5 Å². The molecule has 202 valence electrons. The molecule has 0 spiro atoms. The van der Waals surface area contributed by atoms with Gasteiger partial charge in [-0.3, -0.25) is 4.79 Å². The van der Waals surface area contributed by atoms with E-state index in [1.54, 1.807) is 0 Å². The smallest absolute Gasteiger partial charge is 0.251 e. The van der Waals surface area contributed by atoms with E-state index in [-0.39, 0.29) is 46.4 Å². The van der Waals surface area contributed by atoms with E-state index >= 15 is 8.78 Å². The third-order valence-corrected chi connectivity index (χ3v) is 7.19. The molecule has 3 aromatic rings. The highest BCUT2D eigenvalue weighted by Gasteiger charge is 2.43. The second-order valence-corrected chi connectivity index (χ2v) is 9.59. The van der Waals surface area contributed by atoms with Crippen LogP contribution in [0.2, 0.25) is 5.02 Å². The van der Waals surface area contributed by atoms with Crippen molar-refractivity contribution in [3.63, 3.8) is 0 Å². The van der Waals surface area contributed by atoms with Gasteiger partial charge in [-0.25, -0.2) is 8.78 Å². The zero-order valence-electron chi connectivity index (χ0n) is 21.2. The van der Waals surface area contributed by atoms with E-state index in [0.29, 0.717) is 24.9 Å². The molecule has 1 unspecified atom stereocenters. The molecule has 6 nitrogen and oxygen atoms in total. The number of halogens is 3. The highest BCUT2D eigenvalue weighted by Crippen LogP contribution is 2.52. The fraction of sp³-hybridized carbons (Fsp3) is 0.345. The van der Waals surface area contributed by atoms with Crippen molar-refractivity contribution in [2.24, 2.45) is 5.73 Å². The van der Waals surface area contributed by atoms with Crippen LogP contribution in [-0.4, -0.2) is 37.8 Å². The first-order chi connectivity index (χ1) is 18.4. The summed E-state index contributed by atoms with van der Waals surface area (Å²) in [4.78, 5) is 12.8. The summed E-state index contributed by atoms with van der Waals surface area (Å²) in [7, 11) is 1.42. The van der Waals surface area contributed by atoms with Crippen molar-refractivity contribution >= 4 is 17.5 Å². The number of aliphatic hydroxyl groups is 1. The van der Waals surface area contributed by atoms with Gasteiger partial charge in [0.1, 0.15) is 23.8 Å². The topological polar surface area (TPSA) is 93.8 Å². The molecule has 0 radical (unpaired) electrons. The Morgan fingerprint density at radius 1 is 1.16 bits per heavy atom. The van der Waals surface area contributed by atoms with E-state index in [4.69, 9.17) is 31.9 Å². The Hall–Kier alpha value is -3.20. The van der Waals surface area contributed by atoms with Crippen LogP contribution in [0.15, 0.2) is 48.5 Å². The molecule has 3 aromatic carbocycles. The molecule has 0 aliphatic carbocycles. The van der Waals surface area contributed by atoms with Crippen molar-refractivity contribution in [3.05, 3.63) is 81.9 Å². The lowest BCUT2D eigenvalue weighted by Gasteiger charge is -2.29. The summed E-state index contributed by atoms with van der Waals surface area (Å²) in [6.07, 6.45) is 3.48. The van der Waals surface area contributed by atoms with Gasteiger partial charge in [-0.1, -0.05) is 48.4 Å². The third kappa shape index (κ3) is 5.34. The van der Waals surface area contributed by atoms with Gasteiger partial charge in [0.05, 0.1) is 17.2 Å². The largest absolute Gasteiger partial charge is 0.488 e. The maximum Gasteiger partial charge on any atom is 0.251 e. The van der Waals surface area contributed by atoms with Gasteiger partial charge in [-0.15, -0.1) is 0 Å². The fourth-order valence-electron chi connectivity index (χ4n) is 5.01. The monoisotopic (exact) mass is 544 g/mol. The average molecular weight is 545 g/mol. The van der Waals surface area contributed by atoms with E-state index in [9.17, 15) is 4.79 Å². The van der Waals surface area contributed by atoms with Crippen molar-refractivity contribution in [1.82, 2.24) is 5.32 Å². The molecular formula is C29H31ClF2N2O4. The molecular weight excluding hydrogens is 514 g/mol. The van der Waals surface area contributed by atoms with Crippen LogP contribution in [0, 0.1) is 11.6 Å². The second-order valence-electron chi connectivity index (χ2n) is 9.21.